The first-order valence-corrected chi connectivity index (χ1v) is 8.73. The SMILES string of the molecule is CC(C)(C)COc1ccccc1.CN.O=C1CSCCCN1. The number of para-hydroxylation sites is 1. The highest BCUT2D eigenvalue weighted by molar-refractivity contribution is 7.99. The van der Waals surface area contributed by atoms with Gasteiger partial charge >= 0.3 is 0 Å². The van der Waals surface area contributed by atoms with Gasteiger partial charge in [0.2, 0.25) is 5.91 Å². The Kier molecular flexibility index (Phi) is 11.7. The molecule has 2 rings (SSSR count). The molecule has 0 saturated carbocycles. The van der Waals surface area contributed by atoms with E-state index in [1.165, 1.54) is 7.05 Å². The molecule has 1 amide bonds. The minimum atomic E-state index is 0.188. The monoisotopic (exact) mass is 326 g/mol. The van der Waals surface area contributed by atoms with E-state index >= 15 is 0 Å². The summed E-state index contributed by atoms with van der Waals surface area (Å²) in [4.78, 5) is 10.6. The Morgan fingerprint density at radius 1 is 1.23 bits per heavy atom. The summed E-state index contributed by atoms with van der Waals surface area (Å²) in [6.45, 7) is 8.12. The summed E-state index contributed by atoms with van der Waals surface area (Å²) in [5.41, 5.74) is 4.73. The van der Waals surface area contributed by atoms with Crippen LogP contribution in [-0.2, 0) is 4.79 Å². The number of benzene rings is 1. The number of rotatable bonds is 2. The van der Waals surface area contributed by atoms with Gasteiger partial charge in [-0.25, -0.2) is 0 Å². The van der Waals surface area contributed by atoms with Gasteiger partial charge in [0.25, 0.3) is 0 Å². The van der Waals surface area contributed by atoms with Crippen LogP contribution in [0.25, 0.3) is 0 Å². The van der Waals surface area contributed by atoms with Crippen molar-refractivity contribution in [1.82, 2.24) is 5.32 Å². The van der Waals surface area contributed by atoms with Gasteiger partial charge in [-0.1, -0.05) is 39.0 Å². The van der Waals surface area contributed by atoms with E-state index in [2.05, 4.69) is 31.8 Å². The van der Waals surface area contributed by atoms with Gasteiger partial charge < -0.3 is 15.8 Å². The van der Waals surface area contributed by atoms with Gasteiger partial charge in [-0.05, 0) is 36.8 Å². The molecule has 0 aliphatic carbocycles. The van der Waals surface area contributed by atoms with Gasteiger partial charge in [0.15, 0.2) is 0 Å². The average molecular weight is 327 g/mol. The van der Waals surface area contributed by atoms with Crippen molar-refractivity contribution in [2.45, 2.75) is 27.2 Å². The second-order valence-corrected chi connectivity index (χ2v) is 7.02. The van der Waals surface area contributed by atoms with Gasteiger partial charge in [0.05, 0.1) is 12.4 Å². The molecule has 126 valence electrons. The fourth-order valence-electron chi connectivity index (χ4n) is 1.43. The van der Waals surface area contributed by atoms with Crippen LogP contribution in [0.5, 0.6) is 5.75 Å². The first-order valence-electron chi connectivity index (χ1n) is 7.57. The summed E-state index contributed by atoms with van der Waals surface area (Å²) in [6.07, 6.45) is 1.12. The molecular formula is C17H30N2O2S. The van der Waals surface area contributed by atoms with Crippen molar-refractivity contribution in [2.24, 2.45) is 11.1 Å². The van der Waals surface area contributed by atoms with Crippen LogP contribution in [-0.4, -0.2) is 37.6 Å². The number of ether oxygens (including phenoxy) is 1. The van der Waals surface area contributed by atoms with Crippen molar-refractivity contribution in [1.29, 1.82) is 0 Å². The Morgan fingerprint density at radius 3 is 2.45 bits per heavy atom. The normalized spacial score (nSPS) is 14.3. The Morgan fingerprint density at radius 2 is 1.86 bits per heavy atom. The topological polar surface area (TPSA) is 64.3 Å². The summed E-state index contributed by atoms with van der Waals surface area (Å²) in [6, 6.07) is 9.91. The van der Waals surface area contributed by atoms with Crippen LogP contribution < -0.4 is 15.8 Å². The fraction of sp³-hybridized carbons (Fsp3) is 0.588. The van der Waals surface area contributed by atoms with Gasteiger partial charge in [-0.2, -0.15) is 11.8 Å². The molecule has 1 aromatic rings. The lowest BCUT2D eigenvalue weighted by atomic mass is 9.99. The van der Waals surface area contributed by atoms with E-state index in [1.54, 1.807) is 11.8 Å². The number of carbonyl (C=O) groups excluding carboxylic acids is 1. The molecule has 1 aliphatic rings. The largest absolute Gasteiger partial charge is 0.493 e. The Balaban J connectivity index is 0.000000382. The Hall–Kier alpha value is -1.20. The van der Waals surface area contributed by atoms with E-state index in [0.29, 0.717) is 5.75 Å². The van der Waals surface area contributed by atoms with Crippen molar-refractivity contribution in [3.05, 3.63) is 30.3 Å². The molecule has 1 aliphatic heterocycles. The van der Waals surface area contributed by atoms with Gasteiger partial charge in [0, 0.05) is 6.54 Å². The highest BCUT2D eigenvalue weighted by atomic mass is 32.2. The van der Waals surface area contributed by atoms with Crippen LogP contribution >= 0.6 is 11.8 Å². The fourth-order valence-corrected chi connectivity index (χ4v) is 2.21. The molecule has 0 bridgehead atoms. The highest BCUT2D eigenvalue weighted by Crippen LogP contribution is 2.16. The minimum absolute atomic E-state index is 0.188. The highest BCUT2D eigenvalue weighted by Gasteiger charge is 2.10. The number of nitrogens with one attached hydrogen (secondary N) is 1. The molecule has 0 unspecified atom stereocenters. The zero-order valence-corrected chi connectivity index (χ0v) is 15.0. The average Bonchev–Trinajstić information content (AvgIpc) is 2.76. The minimum Gasteiger partial charge on any atom is -0.493 e. The summed E-state index contributed by atoms with van der Waals surface area (Å²) in [5, 5.41) is 2.78. The predicted octanol–water partition coefficient (Wildman–Crippen LogP) is 2.93. The van der Waals surface area contributed by atoms with E-state index < -0.39 is 0 Å². The number of amides is 1. The van der Waals surface area contributed by atoms with Crippen LogP contribution in [0, 0.1) is 5.41 Å². The third-order valence-corrected chi connectivity index (χ3v) is 3.48. The molecule has 4 nitrogen and oxygen atoms in total. The van der Waals surface area contributed by atoms with Crippen LogP contribution in [0.3, 0.4) is 0 Å². The van der Waals surface area contributed by atoms with Crippen LogP contribution in [0.1, 0.15) is 27.2 Å². The molecule has 22 heavy (non-hydrogen) atoms. The second-order valence-electron chi connectivity index (χ2n) is 5.92. The summed E-state index contributed by atoms with van der Waals surface area (Å²) in [5.74, 6) is 2.92. The molecule has 0 atom stereocenters. The molecule has 1 heterocycles. The number of hydrogen-bond donors (Lipinski definition) is 2. The second kappa shape index (κ2) is 12.4. The Labute approximate surface area is 139 Å². The Bertz CT molecular complexity index is 381. The molecule has 5 heteroatoms. The van der Waals surface area contributed by atoms with Crippen LogP contribution in [0.4, 0.5) is 0 Å². The lowest BCUT2D eigenvalue weighted by molar-refractivity contribution is -0.118. The molecule has 0 spiro atoms. The van der Waals surface area contributed by atoms with Crippen LogP contribution in [0.2, 0.25) is 0 Å². The third kappa shape index (κ3) is 12.5. The zero-order chi connectivity index (χ0) is 16.8. The zero-order valence-electron chi connectivity index (χ0n) is 14.2. The third-order valence-electron chi connectivity index (χ3n) is 2.44. The van der Waals surface area contributed by atoms with E-state index in [-0.39, 0.29) is 11.3 Å². The van der Waals surface area contributed by atoms with Gasteiger partial charge in [0.1, 0.15) is 5.75 Å². The molecule has 3 N–H and O–H groups in total. The van der Waals surface area contributed by atoms with E-state index in [0.717, 1.165) is 31.1 Å². The first-order chi connectivity index (χ1) is 10.5. The molecule has 0 aromatic heterocycles. The first kappa shape index (κ1) is 20.8. The summed E-state index contributed by atoms with van der Waals surface area (Å²) in [7, 11) is 1.50. The van der Waals surface area contributed by atoms with Crippen LogP contribution in [0.15, 0.2) is 30.3 Å². The molecule has 1 saturated heterocycles. The van der Waals surface area contributed by atoms with Crippen molar-refractivity contribution in [3.63, 3.8) is 0 Å². The maximum Gasteiger partial charge on any atom is 0.229 e. The lowest BCUT2D eigenvalue weighted by Gasteiger charge is -2.18. The van der Waals surface area contributed by atoms with E-state index in [4.69, 9.17) is 4.74 Å². The number of thioether (sulfide) groups is 1. The van der Waals surface area contributed by atoms with Gasteiger partial charge in [-0.3, -0.25) is 4.79 Å². The van der Waals surface area contributed by atoms with Crippen molar-refractivity contribution in [3.8, 4) is 5.75 Å². The molecular weight excluding hydrogens is 296 g/mol. The van der Waals surface area contributed by atoms with E-state index in [1.807, 2.05) is 30.3 Å². The smallest absolute Gasteiger partial charge is 0.229 e. The van der Waals surface area contributed by atoms with Crippen molar-refractivity contribution in [2.75, 3.05) is 31.7 Å². The number of nitrogens with two attached hydrogens (primary N) is 1. The lowest BCUT2D eigenvalue weighted by Crippen LogP contribution is -2.23. The van der Waals surface area contributed by atoms with Gasteiger partial charge in [-0.15, -0.1) is 0 Å². The summed E-state index contributed by atoms with van der Waals surface area (Å²) < 4.78 is 5.57. The molecule has 1 aromatic carbocycles. The van der Waals surface area contributed by atoms with E-state index in [9.17, 15) is 4.79 Å². The summed E-state index contributed by atoms with van der Waals surface area (Å²) >= 11 is 1.71. The quantitative estimate of drug-likeness (QED) is 0.877. The maximum atomic E-state index is 10.6. The van der Waals surface area contributed by atoms with Crippen molar-refractivity contribution < 1.29 is 9.53 Å². The molecule has 1 fully saturated rings. The van der Waals surface area contributed by atoms with Crippen molar-refractivity contribution >= 4 is 17.7 Å². The number of carbonyl (C=O) groups is 1. The standard InChI is InChI=1S/C11H16O.C5H9NOS.CH5N/c1-11(2,3)9-12-10-7-5-4-6-8-10;7-5-4-8-3-1-2-6-5;1-2/h4-8H,9H2,1-3H3;1-4H2,(H,6,7);2H2,1H3. The molecule has 0 radical (unpaired) electrons. The number of hydrogen-bond acceptors (Lipinski definition) is 4. The predicted molar refractivity (Wildman–Crippen MR) is 96.5 cm³/mol. The maximum absolute atomic E-state index is 10.6.